The first kappa shape index (κ1) is 23.0. The molecule has 1 heterocycles. The second-order valence-electron chi connectivity index (χ2n) is 7.84. The number of carbonyl (C=O) groups is 1. The quantitative estimate of drug-likeness (QED) is 0.602. The summed E-state index contributed by atoms with van der Waals surface area (Å²) in [5.74, 6) is -0.517. The van der Waals surface area contributed by atoms with Crippen LogP contribution in [0.5, 0.6) is 28.7 Å². The molecule has 4 rings (SSSR count). The van der Waals surface area contributed by atoms with Crippen LogP contribution in [-0.4, -0.2) is 57.5 Å². The lowest BCUT2D eigenvalue weighted by Gasteiger charge is -2.41. The first-order valence-corrected chi connectivity index (χ1v) is 10.7. The third-order valence-electron chi connectivity index (χ3n) is 6.27. The van der Waals surface area contributed by atoms with Crippen molar-refractivity contribution in [3.63, 3.8) is 0 Å². The Labute approximate surface area is 191 Å². The summed E-state index contributed by atoms with van der Waals surface area (Å²) < 4.78 is 32.9. The summed E-state index contributed by atoms with van der Waals surface area (Å²) in [4.78, 5) is 13.2. The fourth-order valence-electron chi connectivity index (χ4n) is 4.80. The fraction of sp³-hybridized carbons (Fsp3) is 0.458. The molecule has 0 aromatic heterocycles. The molecule has 9 nitrogen and oxygen atoms in total. The molecular formula is C24H28O9. The summed E-state index contributed by atoms with van der Waals surface area (Å²) in [6, 6.07) is 7.00. The van der Waals surface area contributed by atoms with Gasteiger partial charge in [0.05, 0.1) is 40.0 Å². The number of carbonyl (C=O) groups excluding carboxylic acids is 1. The molecule has 0 fully saturated rings. The molecule has 0 amide bonds. The van der Waals surface area contributed by atoms with Crippen LogP contribution in [-0.2, 0) is 9.53 Å². The highest BCUT2D eigenvalue weighted by atomic mass is 16.7. The van der Waals surface area contributed by atoms with Gasteiger partial charge in [-0.05, 0) is 47.9 Å². The second-order valence-corrected chi connectivity index (χ2v) is 7.84. The van der Waals surface area contributed by atoms with Gasteiger partial charge in [0.15, 0.2) is 23.0 Å². The molecule has 1 aliphatic heterocycles. The predicted octanol–water partition coefficient (Wildman–Crippen LogP) is 2.41. The van der Waals surface area contributed by atoms with Gasteiger partial charge in [-0.25, -0.2) is 0 Å². The van der Waals surface area contributed by atoms with Crippen molar-refractivity contribution in [3.8, 4) is 28.7 Å². The number of benzene rings is 2. The Balaban J connectivity index is 1.98. The molecule has 2 aromatic rings. The van der Waals surface area contributed by atoms with E-state index in [-0.39, 0.29) is 13.4 Å². The van der Waals surface area contributed by atoms with E-state index >= 15 is 0 Å². The maximum Gasteiger partial charge on any atom is 0.310 e. The third-order valence-corrected chi connectivity index (χ3v) is 6.27. The zero-order valence-electron chi connectivity index (χ0n) is 19.0. The summed E-state index contributed by atoms with van der Waals surface area (Å²) in [6.45, 7) is 1.53. The van der Waals surface area contributed by atoms with Crippen molar-refractivity contribution >= 4 is 5.97 Å². The van der Waals surface area contributed by atoms with Gasteiger partial charge in [-0.2, -0.15) is 0 Å². The first-order valence-electron chi connectivity index (χ1n) is 10.7. The Hall–Kier alpha value is -3.17. The molecule has 0 bridgehead atoms. The monoisotopic (exact) mass is 460 g/mol. The Bertz CT molecular complexity index is 1010. The minimum absolute atomic E-state index is 0.0634. The van der Waals surface area contributed by atoms with Crippen LogP contribution in [0.15, 0.2) is 24.3 Å². The van der Waals surface area contributed by atoms with Crippen LogP contribution in [0, 0.1) is 11.8 Å². The van der Waals surface area contributed by atoms with Crippen LogP contribution >= 0.6 is 0 Å². The standard InChI is InChI=1S/C24H28O9/c1-5-31-24(27)21-15(10-25)22(26)14-9-17-16(32-11-33-17)8-13(14)20(21)12-6-18(28-2)23(30-4)19(7-12)29-3/h6-9,15,20-22,25-26H,5,10-11H2,1-4H3/t15-,20-,21-,22-/m0/s1. The van der Waals surface area contributed by atoms with Gasteiger partial charge in [0, 0.05) is 18.4 Å². The molecule has 2 aliphatic rings. The normalized spacial score (nSPS) is 23.0. The maximum atomic E-state index is 13.2. The summed E-state index contributed by atoms with van der Waals surface area (Å²) in [5.41, 5.74) is 1.90. The number of ether oxygens (including phenoxy) is 6. The molecule has 0 radical (unpaired) electrons. The number of esters is 1. The number of methoxy groups -OCH3 is 3. The Kier molecular flexibility index (Phi) is 6.53. The number of aliphatic hydroxyl groups excluding tert-OH is 2. The van der Waals surface area contributed by atoms with E-state index in [1.807, 2.05) is 0 Å². The van der Waals surface area contributed by atoms with Gasteiger partial charge in [0.2, 0.25) is 12.5 Å². The molecule has 0 unspecified atom stereocenters. The molecule has 0 spiro atoms. The van der Waals surface area contributed by atoms with Crippen molar-refractivity contribution < 1.29 is 43.4 Å². The van der Waals surface area contributed by atoms with E-state index < -0.39 is 36.4 Å². The molecule has 33 heavy (non-hydrogen) atoms. The van der Waals surface area contributed by atoms with E-state index in [1.54, 1.807) is 31.2 Å². The maximum absolute atomic E-state index is 13.2. The van der Waals surface area contributed by atoms with Crippen molar-refractivity contribution in [2.45, 2.75) is 18.9 Å². The summed E-state index contributed by atoms with van der Waals surface area (Å²) >= 11 is 0. The second kappa shape index (κ2) is 9.36. The van der Waals surface area contributed by atoms with Gasteiger partial charge in [-0.1, -0.05) is 0 Å². The van der Waals surface area contributed by atoms with Crippen molar-refractivity contribution in [2.75, 3.05) is 41.3 Å². The largest absolute Gasteiger partial charge is 0.493 e. The van der Waals surface area contributed by atoms with E-state index in [9.17, 15) is 15.0 Å². The minimum atomic E-state index is -1.10. The van der Waals surface area contributed by atoms with Crippen molar-refractivity contribution in [1.82, 2.24) is 0 Å². The molecule has 0 saturated heterocycles. The van der Waals surface area contributed by atoms with Gasteiger partial charge in [-0.3, -0.25) is 4.79 Å². The van der Waals surface area contributed by atoms with Crippen LogP contribution in [0.2, 0.25) is 0 Å². The topological polar surface area (TPSA) is 113 Å². The summed E-state index contributed by atoms with van der Waals surface area (Å²) in [7, 11) is 4.53. The molecule has 2 N–H and O–H groups in total. The average molecular weight is 460 g/mol. The number of hydrogen-bond acceptors (Lipinski definition) is 9. The average Bonchev–Trinajstić information content (AvgIpc) is 3.29. The lowest BCUT2D eigenvalue weighted by Crippen LogP contribution is -2.41. The summed E-state index contributed by atoms with van der Waals surface area (Å²) in [5, 5.41) is 21.4. The lowest BCUT2D eigenvalue weighted by molar-refractivity contribution is -0.154. The Morgan fingerprint density at radius 1 is 1.00 bits per heavy atom. The molecule has 0 saturated carbocycles. The van der Waals surface area contributed by atoms with Gasteiger partial charge >= 0.3 is 5.97 Å². The number of fused-ring (bicyclic) bond motifs is 2. The smallest absolute Gasteiger partial charge is 0.310 e. The van der Waals surface area contributed by atoms with Crippen LogP contribution in [0.3, 0.4) is 0 Å². The lowest BCUT2D eigenvalue weighted by atomic mass is 9.65. The molecule has 9 heteroatoms. The highest BCUT2D eigenvalue weighted by Gasteiger charge is 2.48. The van der Waals surface area contributed by atoms with Crippen molar-refractivity contribution in [3.05, 3.63) is 41.0 Å². The third kappa shape index (κ3) is 3.81. The van der Waals surface area contributed by atoms with Crippen molar-refractivity contribution in [1.29, 1.82) is 0 Å². The number of hydrogen-bond donors (Lipinski definition) is 2. The summed E-state index contributed by atoms with van der Waals surface area (Å²) in [6.07, 6.45) is -1.10. The molecule has 4 atom stereocenters. The van der Waals surface area contributed by atoms with Gasteiger partial charge in [-0.15, -0.1) is 0 Å². The van der Waals surface area contributed by atoms with Gasteiger partial charge < -0.3 is 38.6 Å². The van der Waals surface area contributed by atoms with E-state index in [2.05, 4.69) is 0 Å². The van der Waals surface area contributed by atoms with E-state index in [0.717, 1.165) is 0 Å². The highest BCUT2D eigenvalue weighted by Crippen LogP contribution is 2.53. The van der Waals surface area contributed by atoms with Crippen LogP contribution in [0.25, 0.3) is 0 Å². The molecule has 178 valence electrons. The number of aliphatic hydroxyl groups is 2. The Morgan fingerprint density at radius 2 is 1.61 bits per heavy atom. The van der Waals surface area contributed by atoms with Crippen LogP contribution in [0.1, 0.15) is 35.6 Å². The van der Waals surface area contributed by atoms with E-state index in [4.69, 9.17) is 28.4 Å². The van der Waals surface area contributed by atoms with E-state index in [0.29, 0.717) is 45.4 Å². The SMILES string of the molecule is CCOC(=O)[C@@H]1[C@@H](c2cc(OC)c(OC)c(OC)c2)c2cc3c(cc2[C@H](O)[C@H]1CO)OCO3. The fourth-order valence-corrected chi connectivity index (χ4v) is 4.80. The highest BCUT2D eigenvalue weighted by molar-refractivity contribution is 5.77. The minimum Gasteiger partial charge on any atom is -0.493 e. The van der Waals surface area contributed by atoms with Gasteiger partial charge in [0.1, 0.15) is 0 Å². The molecular weight excluding hydrogens is 432 g/mol. The zero-order valence-corrected chi connectivity index (χ0v) is 19.0. The van der Waals surface area contributed by atoms with Crippen LogP contribution < -0.4 is 23.7 Å². The Morgan fingerprint density at radius 3 is 2.12 bits per heavy atom. The number of rotatable bonds is 7. The van der Waals surface area contributed by atoms with Crippen molar-refractivity contribution in [2.24, 2.45) is 11.8 Å². The predicted molar refractivity (Wildman–Crippen MR) is 116 cm³/mol. The molecule has 1 aliphatic carbocycles. The first-order chi connectivity index (χ1) is 16.0. The van der Waals surface area contributed by atoms with E-state index in [1.165, 1.54) is 21.3 Å². The van der Waals surface area contributed by atoms with Gasteiger partial charge in [0.25, 0.3) is 0 Å². The van der Waals surface area contributed by atoms with Crippen LogP contribution in [0.4, 0.5) is 0 Å². The zero-order chi connectivity index (χ0) is 23.7. The molecule has 2 aromatic carbocycles.